The van der Waals surface area contributed by atoms with Gasteiger partial charge in [0.2, 0.25) is 0 Å². The molecule has 6 aromatic rings. The Kier molecular flexibility index (Phi) is 15.7. The van der Waals surface area contributed by atoms with Crippen molar-refractivity contribution >= 4 is 15.9 Å². The molecule has 0 bridgehead atoms. The SMILES string of the molecule is BrCCCCCCOc1ccc(-c2ccc(CCCCCCc3ccc(-c4ccc(OCc5ccccc5)c(OCc5ccccc5)c4)cc3)cc2)cc1. The van der Waals surface area contributed by atoms with E-state index in [4.69, 9.17) is 14.2 Å². The van der Waals surface area contributed by atoms with Crippen LogP contribution in [0.1, 0.15) is 73.6 Å². The third-order valence-electron chi connectivity index (χ3n) is 9.82. The Morgan fingerprint density at radius 3 is 1.37 bits per heavy atom. The molecule has 0 N–H and O–H groups in total. The molecule has 0 unspecified atom stereocenters. The van der Waals surface area contributed by atoms with Gasteiger partial charge in [-0.25, -0.2) is 0 Å². The van der Waals surface area contributed by atoms with E-state index in [1.54, 1.807) is 0 Å². The maximum Gasteiger partial charge on any atom is 0.162 e. The van der Waals surface area contributed by atoms with Crippen molar-refractivity contribution < 1.29 is 14.2 Å². The van der Waals surface area contributed by atoms with E-state index in [9.17, 15) is 0 Å². The smallest absolute Gasteiger partial charge is 0.162 e. The zero-order valence-electron chi connectivity index (χ0n) is 31.4. The summed E-state index contributed by atoms with van der Waals surface area (Å²) in [6, 6.07) is 53.4. The molecule has 0 atom stereocenters. The van der Waals surface area contributed by atoms with Crippen LogP contribution in [0.15, 0.2) is 152 Å². The lowest BCUT2D eigenvalue weighted by Crippen LogP contribution is -2.01. The summed E-state index contributed by atoms with van der Waals surface area (Å²) >= 11 is 3.50. The second-order valence-electron chi connectivity index (χ2n) is 14.0. The third kappa shape index (κ3) is 12.7. The Morgan fingerprint density at radius 2 is 0.815 bits per heavy atom. The number of hydrogen-bond acceptors (Lipinski definition) is 3. The first-order valence-corrected chi connectivity index (χ1v) is 20.8. The molecule has 0 aliphatic heterocycles. The molecule has 0 amide bonds. The molecule has 0 heterocycles. The van der Waals surface area contributed by atoms with E-state index in [2.05, 4.69) is 125 Å². The minimum atomic E-state index is 0.487. The van der Waals surface area contributed by atoms with Crippen molar-refractivity contribution in [1.29, 1.82) is 0 Å². The van der Waals surface area contributed by atoms with E-state index in [0.29, 0.717) is 13.2 Å². The highest BCUT2D eigenvalue weighted by atomic mass is 79.9. The highest BCUT2D eigenvalue weighted by Crippen LogP contribution is 2.34. The van der Waals surface area contributed by atoms with Gasteiger partial charge >= 0.3 is 0 Å². The second kappa shape index (κ2) is 21.8. The lowest BCUT2D eigenvalue weighted by molar-refractivity contribution is 0.256. The van der Waals surface area contributed by atoms with Gasteiger partial charge in [0.05, 0.1) is 6.61 Å². The predicted molar refractivity (Wildman–Crippen MR) is 229 cm³/mol. The van der Waals surface area contributed by atoms with E-state index in [1.807, 2.05) is 42.5 Å². The topological polar surface area (TPSA) is 27.7 Å². The highest BCUT2D eigenvalue weighted by Gasteiger charge is 2.10. The van der Waals surface area contributed by atoms with E-state index >= 15 is 0 Å². The molecule has 0 radical (unpaired) electrons. The molecule has 3 nitrogen and oxygen atoms in total. The molecular weight excluding hydrogens is 728 g/mol. The molecule has 0 aliphatic carbocycles. The van der Waals surface area contributed by atoms with E-state index < -0.39 is 0 Å². The Bertz CT molecular complexity index is 1920. The fraction of sp³-hybridized carbons (Fsp3) is 0.280. The van der Waals surface area contributed by atoms with Gasteiger partial charge in [-0.05, 0) is 107 Å². The normalized spacial score (nSPS) is 11.0. The van der Waals surface area contributed by atoms with Gasteiger partial charge in [0.25, 0.3) is 0 Å². The number of rotatable bonds is 22. The van der Waals surface area contributed by atoms with Gasteiger partial charge in [0, 0.05) is 5.33 Å². The van der Waals surface area contributed by atoms with Crippen LogP contribution in [-0.2, 0) is 26.1 Å². The molecule has 6 aromatic carbocycles. The van der Waals surface area contributed by atoms with Gasteiger partial charge < -0.3 is 14.2 Å². The van der Waals surface area contributed by atoms with E-state index in [1.165, 1.54) is 72.8 Å². The quantitative estimate of drug-likeness (QED) is 0.0507. The van der Waals surface area contributed by atoms with Crippen LogP contribution >= 0.6 is 15.9 Å². The zero-order chi connectivity index (χ0) is 37.0. The summed E-state index contributed by atoms with van der Waals surface area (Å²) in [6.07, 6.45) is 12.0. The van der Waals surface area contributed by atoms with Crippen LogP contribution in [0.25, 0.3) is 22.3 Å². The lowest BCUT2D eigenvalue weighted by atomic mass is 9.99. The number of benzene rings is 6. The molecule has 54 heavy (non-hydrogen) atoms. The van der Waals surface area contributed by atoms with Crippen molar-refractivity contribution in [3.05, 3.63) is 174 Å². The Morgan fingerprint density at radius 1 is 0.352 bits per heavy atom. The average molecular weight is 782 g/mol. The summed E-state index contributed by atoms with van der Waals surface area (Å²) in [7, 11) is 0. The van der Waals surface area contributed by atoms with E-state index in [-0.39, 0.29) is 0 Å². The Labute approximate surface area is 331 Å². The minimum absolute atomic E-state index is 0.487. The number of hydrogen-bond donors (Lipinski definition) is 0. The molecule has 6 rings (SSSR count). The second-order valence-corrected chi connectivity index (χ2v) is 14.8. The number of unbranched alkanes of at least 4 members (excludes halogenated alkanes) is 6. The van der Waals surface area contributed by atoms with Crippen LogP contribution < -0.4 is 14.2 Å². The van der Waals surface area contributed by atoms with Crippen LogP contribution in [-0.4, -0.2) is 11.9 Å². The molecular formula is C50H53BrO3. The maximum absolute atomic E-state index is 6.33. The number of alkyl halides is 1. The van der Waals surface area contributed by atoms with Gasteiger partial charge in [-0.3, -0.25) is 0 Å². The predicted octanol–water partition coefficient (Wildman–Crippen LogP) is 13.9. The van der Waals surface area contributed by atoms with Crippen molar-refractivity contribution in [2.45, 2.75) is 77.4 Å². The summed E-state index contributed by atoms with van der Waals surface area (Å²) in [6.45, 7) is 1.77. The Hall–Kier alpha value is -4.80. The van der Waals surface area contributed by atoms with Gasteiger partial charge in [0.1, 0.15) is 19.0 Å². The van der Waals surface area contributed by atoms with Crippen LogP contribution in [0.2, 0.25) is 0 Å². The monoisotopic (exact) mass is 780 g/mol. The number of aryl methyl sites for hydroxylation is 2. The molecule has 0 fully saturated rings. The van der Waals surface area contributed by atoms with Crippen LogP contribution in [0.5, 0.6) is 17.2 Å². The van der Waals surface area contributed by atoms with E-state index in [0.717, 1.165) is 65.1 Å². The molecule has 0 aliphatic rings. The third-order valence-corrected chi connectivity index (χ3v) is 10.4. The first-order chi connectivity index (χ1) is 26.7. The van der Waals surface area contributed by atoms with Crippen LogP contribution in [0.3, 0.4) is 0 Å². The fourth-order valence-electron chi connectivity index (χ4n) is 6.61. The van der Waals surface area contributed by atoms with Gasteiger partial charge in [0.15, 0.2) is 11.5 Å². The standard InChI is InChI=1S/C50H53BrO3/c51-35-13-3-4-14-36-52-48-32-29-45(30-33-48)44-25-21-40(22-26-44)15-7-1-2-8-16-41-23-27-46(28-24-41)47-31-34-49(53-38-42-17-9-5-10-18-42)50(37-47)54-39-43-19-11-6-12-20-43/h5-6,9-12,17-34,37H,1-4,7-8,13-16,35-36,38-39H2. The van der Waals surface area contributed by atoms with Crippen molar-refractivity contribution in [3.8, 4) is 39.5 Å². The number of ether oxygens (including phenoxy) is 3. The van der Waals surface area contributed by atoms with Crippen molar-refractivity contribution in [1.82, 2.24) is 0 Å². The van der Waals surface area contributed by atoms with Crippen molar-refractivity contribution in [3.63, 3.8) is 0 Å². The summed E-state index contributed by atoms with van der Waals surface area (Å²) < 4.78 is 18.5. The summed E-state index contributed by atoms with van der Waals surface area (Å²) in [5.74, 6) is 2.46. The van der Waals surface area contributed by atoms with Crippen molar-refractivity contribution in [2.24, 2.45) is 0 Å². The van der Waals surface area contributed by atoms with Crippen LogP contribution in [0.4, 0.5) is 0 Å². The first kappa shape index (κ1) is 38.9. The fourth-order valence-corrected chi connectivity index (χ4v) is 7.01. The molecule has 0 spiro atoms. The Balaban J connectivity index is 0.923. The summed E-state index contributed by atoms with van der Waals surface area (Å²) in [4.78, 5) is 0. The summed E-state index contributed by atoms with van der Waals surface area (Å²) in [5.41, 5.74) is 9.85. The zero-order valence-corrected chi connectivity index (χ0v) is 33.0. The molecule has 0 aromatic heterocycles. The average Bonchev–Trinajstić information content (AvgIpc) is 3.23. The minimum Gasteiger partial charge on any atom is -0.494 e. The molecule has 4 heteroatoms. The van der Waals surface area contributed by atoms with Crippen LogP contribution in [0, 0.1) is 0 Å². The molecule has 278 valence electrons. The largest absolute Gasteiger partial charge is 0.494 e. The molecule has 0 saturated heterocycles. The summed E-state index contributed by atoms with van der Waals surface area (Å²) in [5, 5.41) is 1.09. The van der Waals surface area contributed by atoms with Crippen molar-refractivity contribution in [2.75, 3.05) is 11.9 Å². The molecule has 0 saturated carbocycles. The van der Waals surface area contributed by atoms with Gasteiger partial charge in [-0.2, -0.15) is 0 Å². The van der Waals surface area contributed by atoms with Gasteiger partial charge in [-0.15, -0.1) is 0 Å². The maximum atomic E-state index is 6.33. The van der Waals surface area contributed by atoms with Gasteiger partial charge in [-0.1, -0.05) is 169 Å². The highest BCUT2D eigenvalue weighted by molar-refractivity contribution is 9.09. The lowest BCUT2D eigenvalue weighted by Gasteiger charge is -2.15. The first-order valence-electron chi connectivity index (χ1n) is 19.7. The number of halogens is 1.